The quantitative estimate of drug-likeness (QED) is 0.236. The summed E-state index contributed by atoms with van der Waals surface area (Å²) in [5.41, 5.74) is 6.60. The number of rotatable bonds is 13. The molecular weight excluding hydrogens is 470 g/mol. The van der Waals surface area contributed by atoms with Crippen LogP contribution in [0.3, 0.4) is 0 Å². The smallest absolute Gasteiger partial charge is 0.458 e. The average molecular weight is 510 g/mol. The predicted molar refractivity (Wildman–Crippen MR) is 131 cm³/mol. The molecule has 1 aromatic rings. The topological polar surface area (TPSA) is 140 Å². The van der Waals surface area contributed by atoms with Crippen LogP contribution in [0.4, 0.5) is 4.79 Å². The zero-order valence-corrected chi connectivity index (χ0v) is 22.2. The van der Waals surface area contributed by atoms with Gasteiger partial charge in [0, 0.05) is 0 Å². The monoisotopic (exact) mass is 509 g/mol. The molecule has 3 atom stereocenters. The molecule has 1 rings (SSSR count). The maximum atomic E-state index is 12.5. The second-order valence-electron chi connectivity index (χ2n) is 9.16. The molecule has 0 aliphatic rings. The Bertz CT molecular complexity index is 897. The Kier molecular flexibility index (Phi) is 12.9. The fourth-order valence-electron chi connectivity index (χ4n) is 2.58. The Morgan fingerprint density at radius 3 is 1.92 bits per heavy atom. The van der Waals surface area contributed by atoms with Crippen molar-refractivity contribution in [2.24, 2.45) is 17.6 Å². The molecule has 0 aromatic heterocycles. The summed E-state index contributed by atoms with van der Waals surface area (Å²) in [6.07, 6.45) is -0.672. The molecule has 0 aliphatic heterocycles. The van der Waals surface area contributed by atoms with Crippen LogP contribution in [-0.4, -0.2) is 48.9 Å². The molecule has 0 spiro atoms. The summed E-state index contributed by atoms with van der Waals surface area (Å²) in [6, 6.07) is 3.55. The Morgan fingerprint density at radius 2 is 1.36 bits per heavy atom. The number of hydrogen-bond donors (Lipinski definition) is 1. The van der Waals surface area contributed by atoms with Gasteiger partial charge in [0.25, 0.3) is 0 Å². The van der Waals surface area contributed by atoms with E-state index in [-0.39, 0.29) is 30.4 Å². The van der Waals surface area contributed by atoms with Crippen molar-refractivity contribution in [3.63, 3.8) is 0 Å². The first kappa shape index (κ1) is 30.9. The standard InChI is InChI=1S/C26H39NO9/c1-8-9-12-32-26(31)34-18(7)17(6)33-25(30)20(27)13-19-10-11-21(35-23(28)15(2)3)22(14-19)36-24(29)16(4)5/h10-11,14-18,20H,8-9,12-13,27H2,1-7H3/t17-,18?,20-/m0/s1. The van der Waals surface area contributed by atoms with Crippen LogP contribution in [-0.2, 0) is 35.0 Å². The van der Waals surface area contributed by atoms with Gasteiger partial charge in [0.05, 0.1) is 18.4 Å². The molecule has 10 nitrogen and oxygen atoms in total. The molecule has 10 heteroatoms. The summed E-state index contributed by atoms with van der Waals surface area (Å²) in [4.78, 5) is 48.4. The van der Waals surface area contributed by atoms with Crippen LogP contribution < -0.4 is 15.2 Å². The summed E-state index contributed by atoms with van der Waals surface area (Å²) >= 11 is 0. The van der Waals surface area contributed by atoms with Gasteiger partial charge >= 0.3 is 24.1 Å². The second kappa shape index (κ2) is 15.1. The van der Waals surface area contributed by atoms with Crippen LogP contribution in [0.5, 0.6) is 11.5 Å². The number of hydrogen-bond acceptors (Lipinski definition) is 10. The van der Waals surface area contributed by atoms with E-state index < -0.39 is 48.2 Å². The molecule has 0 fully saturated rings. The van der Waals surface area contributed by atoms with E-state index >= 15 is 0 Å². The zero-order valence-electron chi connectivity index (χ0n) is 22.2. The van der Waals surface area contributed by atoms with E-state index in [1.165, 1.54) is 12.1 Å². The van der Waals surface area contributed by atoms with Crippen molar-refractivity contribution in [1.29, 1.82) is 0 Å². The second-order valence-corrected chi connectivity index (χ2v) is 9.16. The molecule has 202 valence electrons. The molecule has 0 radical (unpaired) electrons. The number of esters is 3. The van der Waals surface area contributed by atoms with E-state index in [0.29, 0.717) is 5.56 Å². The van der Waals surface area contributed by atoms with Crippen LogP contribution >= 0.6 is 0 Å². The van der Waals surface area contributed by atoms with Crippen LogP contribution in [0.25, 0.3) is 0 Å². The summed E-state index contributed by atoms with van der Waals surface area (Å²) in [6.45, 7) is 12.1. The first-order chi connectivity index (χ1) is 16.8. The van der Waals surface area contributed by atoms with E-state index in [0.717, 1.165) is 12.8 Å². The van der Waals surface area contributed by atoms with Crippen LogP contribution in [0.1, 0.15) is 66.9 Å². The van der Waals surface area contributed by atoms with E-state index in [1.807, 2.05) is 6.92 Å². The number of ether oxygens (including phenoxy) is 5. The molecule has 0 bridgehead atoms. The first-order valence-corrected chi connectivity index (χ1v) is 12.2. The molecule has 0 amide bonds. The number of carbonyl (C=O) groups is 4. The molecule has 0 aliphatic carbocycles. The summed E-state index contributed by atoms with van der Waals surface area (Å²) in [5.74, 6) is -2.33. The van der Waals surface area contributed by atoms with Gasteiger partial charge in [-0.25, -0.2) is 4.79 Å². The third kappa shape index (κ3) is 10.6. The number of unbranched alkanes of at least 4 members (excludes halogenated alkanes) is 1. The molecule has 1 unspecified atom stereocenters. The fourth-order valence-corrected chi connectivity index (χ4v) is 2.58. The Hall–Kier alpha value is -3.14. The lowest BCUT2D eigenvalue weighted by Gasteiger charge is -2.22. The van der Waals surface area contributed by atoms with Gasteiger partial charge < -0.3 is 29.4 Å². The van der Waals surface area contributed by atoms with Gasteiger partial charge in [0.15, 0.2) is 11.5 Å². The highest BCUT2D eigenvalue weighted by Gasteiger charge is 2.25. The van der Waals surface area contributed by atoms with E-state index in [9.17, 15) is 19.2 Å². The molecule has 1 aromatic carbocycles. The maximum Gasteiger partial charge on any atom is 0.508 e. The van der Waals surface area contributed by atoms with E-state index in [1.54, 1.807) is 47.6 Å². The van der Waals surface area contributed by atoms with Gasteiger partial charge in [-0.2, -0.15) is 0 Å². The number of carbonyl (C=O) groups excluding carboxylic acids is 4. The van der Waals surface area contributed by atoms with Gasteiger partial charge in [-0.3, -0.25) is 14.4 Å². The van der Waals surface area contributed by atoms with Gasteiger partial charge in [-0.15, -0.1) is 0 Å². The Balaban J connectivity index is 2.83. The summed E-state index contributed by atoms with van der Waals surface area (Å²) < 4.78 is 26.2. The van der Waals surface area contributed by atoms with Gasteiger partial charge in [-0.1, -0.05) is 47.1 Å². The molecule has 0 saturated heterocycles. The molecule has 36 heavy (non-hydrogen) atoms. The highest BCUT2D eigenvalue weighted by atomic mass is 16.7. The van der Waals surface area contributed by atoms with Crippen LogP contribution in [0, 0.1) is 11.8 Å². The fraction of sp³-hybridized carbons (Fsp3) is 0.615. The van der Waals surface area contributed by atoms with Crippen molar-refractivity contribution in [2.75, 3.05) is 6.61 Å². The maximum absolute atomic E-state index is 12.5. The Morgan fingerprint density at radius 1 is 0.806 bits per heavy atom. The normalized spacial score (nSPS) is 13.5. The van der Waals surface area contributed by atoms with E-state index in [2.05, 4.69) is 0 Å². The SMILES string of the molecule is CCCCOC(=O)OC(C)[C@H](C)OC(=O)[C@@H](N)Cc1ccc(OC(=O)C(C)C)c(OC(=O)C(C)C)c1. The van der Waals surface area contributed by atoms with Crippen molar-refractivity contribution < 1.29 is 42.9 Å². The largest absolute Gasteiger partial charge is 0.508 e. The minimum absolute atomic E-state index is 0.0535. The van der Waals surface area contributed by atoms with Crippen molar-refractivity contribution in [3.05, 3.63) is 23.8 Å². The highest BCUT2D eigenvalue weighted by molar-refractivity contribution is 5.78. The minimum atomic E-state index is -1.05. The molecule has 0 saturated carbocycles. The summed E-state index contributed by atoms with van der Waals surface area (Å²) in [5, 5.41) is 0. The number of nitrogens with two attached hydrogens (primary N) is 1. The van der Waals surface area contributed by atoms with Gasteiger partial charge in [0.1, 0.15) is 18.2 Å². The summed E-state index contributed by atoms with van der Waals surface area (Å²) in [7, 11) is 0. The first-order valence-electron chi connectivity index (χ1n) is 12.2. The minimum Gasteiger partial charge on any atom is -0.458 e. The van der Waals surface area contributed by atoms with Crippen molar-refractivity contribution in [2.45, 2.75) is 86.0 Å². The zero-order chi connectivity index (χ0) is 27.4. The van der Waals surface area contributed by atoms with E-state index in [4.69, 9.17) is 29.4 Å². The Labute approximate surface area is 212 Å². The highest BCUT2D eigenvalue weighted by Crippen LogP contribution is 2.30. The molecule has 2 N–H and O–H groups in total. The molecular formula is C26H39NO9. The predicted octanol–water partition coefficient (Wildman–Crippen LogP) is 3.95. The van der Waals surface area contributed by atoms with Gasteiger partial charge in [-0.05, 0) is 44.4 Å². The third-order valence-corrected chi connectivity index (χ3v) is 5.09. The van der Waals surface area contributed by atoms with Crippen LogP contribution in [0.15, 0.2) is 18.2 Å². The van der Waals surface area contributed by atoms with Crippen molar-refractivity contribution in [1.82, 2.24) is 0 Å². The van der Waals surface area contributed by atoms with Crippen LogP contribution in [0.2, 0.25) is 0 Å². The number of benzene rings is 1. The third-order valence-electron chi connectivity index (χ3n) is 5.09. The lowest BCUT2D eigenvalue weighted by Crippen LogP contribution is -2.39. The van der Waals surface area contributed by atoms with Crippen molar-refractivity contribution in [3.8, 4) is 11.5 Å². The van der Waals surface area contributed by atoms with Gasteiger partial charge in [0.2, 0.25) is 0 Å². The lowest BCUT2D eigenvalue weighted by molar-refractivity contribution is -0.155. The lowest BCUT2D eigenvalue weighted by atomic mass is 10.1. The average Bonchev–Trinajstić information content (AvgIpc) is 2.80. The molecule has 0 heterocycles. The van der Waals surface area contributed by atoms with Crippen molar-refractivity contribution >= 4 is 24.1 Å².